The summed E-state index contributed by atoms with van der Waals surface area (Å²) in [5.74, 6) is 0. The van der Waals surface area contributed by atoms with Gasteiger partial charge in [0.2, 0.25) is 0 Å². The van der Waals surface area contributed by atoms with Crippen LogP contribution in [0.4, 0.5) is 0 Å². The molecule has 0 aromatic rings. The molecule has 14 heavy (non-hydrogen) atoms. The highest BCUT2D eigenvalue weighted by atomic mass is 16.5. The van der Waals surface area contributed by atoms with Crippen molar-refractivity contribution in [1.82, 2.24) is 5.32 Å². The molecule has 1 saturated heterocycles. The van der Waals surface area contributed by atoms with E-state index in [1.807, 2.05) is 13.8 Å². The second kappa shape index (κ2) is 4.60. The molecule has 0 bridgehead atoms. The molecule has 0 unspecified atom stereocenters. The Morgan fingerprint density at radius 1 is 1.36 bits per heavy atom. The predicted molar refractivity (Wildman–Crippen MR) is 57.4 cm³/mol. The Hall–Kier alpha value is -0.120. The molecule has 3 heteroatoms. The van der Waals surface area contributed by atoms with Gasteiger partial charge in [0.05, 0.1) is 5.60 Å². The lowest BCUT2D eigenvalue weighted by molar-refractivity contribution is 0.0369. The Kier molecular flexibility index (Phi) is 3.93. The summed E-state index contributed by atoms with van der Waals surface area (Å²) in [6, 6.07) is 0. The molecule has 1 heterocycles. The monoisotopic (exact) mass is 201 g/mol. The minimum Gasteiger partial charge on any atom is -0.390 e. The first-order valence-corrected chi connectivity index (χ1v) is 5.47. The van der Waals surface area contributed by atoms with Gasteiger partial charge in [-0.15, -0.1) is 0 Å². The maximum atomic E-state index is 9.57. The predicted octanol–water partition coefficient (Wildman–Crippen LogP) is 1.31. The molecular formula is C11H23NO2. The van der Waals surface area contributed by atoms with Crippen molar-refractivity contribution in [2.24, 2.45) is 0 Å². The van der Waals surface area contributed by atoms with Crippen LogP contribution in [0.25, 0.3) is 0 Å². The summed E-state index contributed by atoms with van der Waals surface area (Å²) in [7, 11) is 0. The lowest BCUT2D eigenvalue weighted by atomic mass is 9.92. The number of ether oxygens (including phenoxy) is 1. The summed E-state index contributed by atoms with van der Waals surface area (Å²) in [4.78, 5) is 0. The summed E-state index contributed by atoms with van der Waals surface area (Å²) in [5.41, 5.74) is -0.349. The number of hydrogen-bond donors (Lipinski definition) is 2. The zero-order valence-electron chi connectivity index (χ0n) is 9.60. The van der Waals surface area contributed by atoms with Gasteiger partial charge in [0.1, 0.15) is 0 Å². The minimum absolute atomic E-state index is 0.212. The first-order chi connectivity index (χ1) is 6.41. The molecule has 0 aliphatic carbocycles. The van der Waals surface area contributed by atoms with E-state index in [4.69, 9.17) is 4.74 Å². The maximum absolute atomic E-state index is 9.57. The molecule has 0 saturated carbocycles. The molecule has 1 aliphatic rings. The van der Waals surface area contributed by atoms with Crippen LogP contribution in [0.2, 0.25) is 0 Å². The number of aliphatic hydroxyl groups is 1. The van der Waals surface area contributed by atoms with Crippen molar-refractivity contribution in [1.29, 1.82) is 0 Å². The van der Waals surface area contributed by atoms with Crippen LogP contribution in [0.5, 0.6) is 0 Å². The van der Waals surface area contributed by atoms with Crippen LogP contribution in [0.3, 0.4) is 0 Å². The molecule has 0 aromatic carbocycles. The molecule has 1 fully saturated rings. The van der Waals surface area contributed by atoms with Gasteiger partial charge in [0.25, 0.3) is 0 Å². The summed E-state index contributed by atoms with van der Waals surface area (Å²) in [6.07, 6.45) is 2.93. The van der Waals surface area contributed by atoms with Crippen LogP contribution < -0.4 is 5.32 Å². The fraction of sp³-hybridized carbons (Fsp3) is 1.00. The lowest BCUT2D eigenvalue weighted by Gasteiger charge is -2.35. The Labute approximate surface area is 86.8 Å². The standard InChI is InChI=1S/C11H23NO2/c1-10(2,13)4-7-12-11(3)5-8-14-9-6-11/h12-13H,4-9H2,1-3H3. The Morgan fingerprint density at radius 2 is 1.93 bits per heavy atom. The SMILES string of the molecule is CC(C)(O)CCNC1(C)CCOCC1. The Balaban J connectivity index is 2.22. The Morgan fingerprint density at radius 3 is 2.43 bits per heavy atom. The topological polar surface area (TPSA) is 41.5 Å². The largest absolute Gasteiger partial charge is 0.390 e. The molecule has 1 rings (SSSR count). The van der Waals surface area contributed by atoms with E-state index in [9.17, 15) is 5.11 Å². The average Bonchev–Trinajstić information content (AvgIpc) is 2.02. The van der Waals surface area contributed by atoms with Gasteiger partial charge in [-0.3, -0.25) is 0 Å². The van der Waals surface area contributed by atoms with Gasteiger partial charge in [-0.25, -0.2) is 0 Å². The van der Waals surface area contributed by atoms with Gasteiger partial charge in [-0.1, -0.05) is 0 Å². The average molecular weight is 201 g/mol. The van der Waals surface area contributed by atoms with Crippen molar-refractivity contribution in [3.63, 3.8) is 0 Å². The third kappa shape index (κ3) is 4.40. The van der Waals surface area contributed by atoms with E-state index >= 15 is 0 Å². The van der Waals surface area contributed by atoms with Crippen LogP contribution in [0.15, 0.2) is 0 Å². The normalized spacial score (nSPS) is 22.3. The van der Waals surface area contributed by atoms with Gasteiger partial charge in [-0.2, -0.15) is 0 Å². The van der Waals surface area contributed by atoms with E-state index in [-0.39, 0.29) is 5.54 Å². The molecule has 3 nitrogen and oxygen atoms in total. The van der Waals surface area contributed by atoms with E-state index in [0.717, 1.165) is 39.0 Å². The molecule has 2 N–H and O–H groups in total. The lowest BCUT2D eigenvalue weighted by Crippen LogP contribution is -2.48. The van der Waals surface area contributed by atoms with Crippen molar-refractivity contribution < 1.29 is 9.84 Å². The molecule has 0 atom stereocenters. The highest BCUT2D eigenvalue weighted by Gasteiger charge is 2.26. The van der Waals surface area contributed by atoms with E-state index < -0.39 is 5.60 Å². The molecule has 84 valence electrons. The van der Waals surface area contributed by atoms with Crippen LogP contribution in [0, 0.1) is 0 Å². The zero-order chi connectivity index (χ0) is 10.7. The first-order valence-electron chi connectivity index (χ1n) is 5.47. The third-order valence-electron chi connectivity index (χ3n) is 2.88. The van der Waals surface area contributed by atoms with Crippen molar-refractivity contribution >= 4 is 0 Å². The van der Waals surface area contributed by atoms with Gasteiger partial charge in [0, 0.05) is 18.8 Å². The van der Waals surface area contributed by atoms with Gasteiger partial charge >= 0.3 is 0 Å². The fourth-order valence-corrected chi connectivity index (χ4v) is 1.67. The third-order valence-corrected chi connectivity index (χ3v) is 2.88. The number of hydrogen-bond acceptors (Lipinski definition) is 3. The number of rotatable bonds is 4. The summed E-state index contributed by atoms with van der Waals surface area (Å²) in [6.45, 7) is 8.51. The molecular weight excluding hydrogens is 178 g/mol. The summed E-state index contributed by atoms with van der Waals surface area (Å²) in [5, 5.41) is 13.1. The van der Waals surface area contributed by atoms with Crippen LogP contribution in [0.1, 0.15) is 40.0 Å². The van der Waals surface area contributed by atoms with Gasteiger partial charge in [-0.05, 0) is 46.6 Å². The molecule has 0 amide bonds. The molecule has 0 radical (unpaired) electrons. The minimum atomic E-state index is -0.561. The van der Waals surface area contributed by atoms with Crippen molar-refractivity contribution in [2.45, 2.75) is 51.2 Å². The molecule has 0 spiro atoms. The zero-order valence-corrected chi connectivity index (χ0v) is 9.60. The van der Waals surface area contributed by atoms with Crippen LogP contribution in [-0.2, 0) is 4.74 Å². The van der Waals surface area contributed by atoms with Crippen LogP contribution in [-0.4, -0.2) is 36.0 Å². The van der Waals surface area contributed by atoms with Crippen molar-refractivity contribution in [3.8, 4) is 0 Å². The highest BCUT2D eigenvalue weighted by molar-refractivity contribution is 4.85. The second-order valence-electron chi connectivity index (χ2n) is 5.16. The number of nitrogens with one attached hydrogen (secondary N) is 1. The van der Waals surface area contributed by atoms with Gasteiger partial charge < -0.3 is 15.2 Å². The fourth-order valence-electron chi connectivity index (χ4n) is 1.67. The van der Waals surface area contributed by atoms with Crippen molar-refractivity contribution in [2.75, 3.05) is 19.8 Å². The molecule has 1 aliphatic heterocycles. The van der Waals surface area contributed by atoms with E-state index in [2.05, 4.69) is 12.2 Å². The maximum Gasteiger partial charge on any atom is 0.0603 e. The van der Waals surface area contributed by atoms with E-state index in [0.29, 0.717) is 0 Å². The summed E-state index contributed by atoms with van der Waals surface area (Å²) < 4.78 is 5.32. The Bertz CT molecular complexity index is 169. The van der Waals surface area contributed by atoms with Crippen molar-refractivity contribution in [3.05, 3.63) is 0 Å². The quantitative estimate of drug-likeness (QED) is 0.720. The molecule has 0 aromatic heterocycles. The van der Waals surface area contributed by atoms with Gasteiger partial charge in [0.15, 0.2) is 0 Å². The second-order valence-corrected chi connectivity index (χ2v) is 5.16. The highest BCUT2D eigenvalue weighted by Crippen LogP contribution is 2.20. The smallest absolute Gasteiger partial charge is 0.0603 e. The summed E-state index contributed by atoms with van der Waals surface area (Å²) >= 11 is 0. The van der Waals surface area contributed by atoms with E-state index in [1.165, 1.54) is 0 Å². The first kappa shape index (κ1) is 12.0. The van der Waals surface area contributed by atoms with E-state index in [1.54, 1.807) is 0 Å². The van der Waals surface area contributed by atoms with Crippen LogP contribution >= 0.6 is 0 Å².